The standard InChI is InChI=1S/C12H20N2O3/c1-3-12(8-15,9-16)14-7-10-4-5-11(17-2)13-6-10/h4-6,14-16H,3,7-9H2,1-2H3. The van der Waals surface area contributed by atoms with Crippen molar-refractivity contribution >= 4 is 0 Å². The Morgan fingerprint density at radius 3 is 2.47 bits per heavy atom. The molecule has 0 saturated heterocycles. The lowest BCUT2D eigenvalue weighted by atomic mass is 9.98. The lowest BCUT2D eigenvalue weighted by Gasteiger charge is -2.29. The van der Waals surface area contributed by atoms with Gasteiger partial charge in [0.2, 0.25) is 5.88 Å². The van der Waals surface area contributed by atoms with Crippen LogP contribution in [0.2, 0.25) is 0 Å². The molecule has 0 aromatic carbocycles. The second-order valence-corrected chi connectivity index (χ2v) is 4.01. The molecule has 5 nitrogen and oxygen atoms in total. The fraction of sp³-hybridized carbons (Fsp3) is 0.583. The third kappa shape index (κ3) is 3.66. The van der Waals surface area contributed by atoms with Gasteiger partial charge in [0, 0.05) is 18.8 Å². The molecule has 0 aliphatic rings. The number of aliphatic hydroxyl groups excluding tert-OH is 2. The third-order valence-corrected chi connectivity index (χ3v) is 2.96. The number of hydrogen-bond donors (Lipinski definition) is 3. The van der Waals surface area contributed by atoms with Gasteiger partial charge in [-0.3, -0.25) is 0 Å². The minimum atomic E-state index is -0.625. The van der Waals surface area contributed by atoms with Gasteiger partial charge in [0.1, 0.15) is 0 Å². The second kappa shape index (κ2) is 6.54. The molecule has 3 N–H and O–H groups in total. The number of nitrogens with one attached hydrogen (secondary N) is 1. The summed E-state index contributed by atoms with van der Waals surface area (Å²) in [4.78, 5) is 4.09. The van der Waals surface area contributed by atoms with E-state index in [2.05, 4.69) is 10.3 Å². The van der Waals surface area contributed by atoms with Crippen molar-refractivity contribution in [1.82, 2.24) is 10.3 Å². The van der Waals surface area contributed by atoms with Crippen molar-refractivity contribution in [2.24, 2.45) is 0 Å². The Kier molecular flexibility index (Phi) is 5.34. The predicted octanol–water partition coefficient (Wildman–Crippen LogP) is 0.313. The van der Waals surface area contributed by atoms with E-state index >= 15 is 0 Å². The zero-order valence-electron chi connectivity index (χ0n) is 10.3. The smallest absolute Gasteiger partial charge is 0.212 e. The van der Waals surface area contributed by atoms with Crippen LogP contribution in [0.4, 0.5) is 0 Å². The summed E-state index contributed by atoms with van der Waals surface area (Å²) >= 11 is 0. The van der Waals surface area contributed by atoms with E-state index in [-0.39, 0.29) is 13.2 Å². The summed E-state index contributed by atoms with van der Waals surface area (Å²) in [5.74, 6) is 0.569. The van der Waals surface area contributed by atoms with E-state index in [1.807, 2.05) is 13.0 Å². The molecule has 0 atom stereocenters. The summed E-state index contributed by atoms with van der Waals surface area (Å²) in [5, 5.41) is 21.7. The fourth-order valence-corrected chi connectivity index (χ4v) is 1.44. The summed E-state index contributed by atoms with van der Waals surface area (Å²) in [6, 6.07) is 3.68. The van der Waals surface area contributed by atoms with E-state index in [0.29, 0.717) is 18.8 Å². The summed E-state index contributed by atoms with van der Waals surface area (Å²) in [6.07, 6.45) is 2.37. The van der Waals surface area contributed by atoms with Crippen LogP contribution >= 0.6 is 0 Å². The van der Waals surface area contributed by atoms with Gasteiger partial charge in [-0.05, 0) is 12.0 Å². The first kappa shape index (κ1) is 13.9. The highest BCUT2D eigenvalue weighted by atomic mass is 16.5. The lowest BCUT2D eigenvalue weighted by molar-refractivity contribution is 0.0864. The van der Waals surface area contributed by atoms with Crippen LogP contribution in [0.1, 0.15) is 18.9 Å². The Morgan fingerprint density at radius 2 is 2.06 bits per heavy atom. The molecule has 0 aliphatic heterocycles. The zero-order chi connectivity index (χ0) is 12.7. The molecule has 5 heteroatoms. The minimum Gasteiger partial charge on any atom is -0.481 e. The maximum absolute atomic E-state index is 9.28. The molecule has 0 aliphatic carbocycles. The zero-order valence-corrected chi connectivity index (χ0v) is 10.3. The van der Waals surface area contributed by atoms with Gasteiger partial charge in [-0.1, -0.05) is 13.0 Å². The average molecular weight is 240 g/mol. The molecule has 0 saturated carbocycles. The van der Waals surface area contributed by atoms with E-state index in [1.54, 1.807) is 19.4 Å². The SMILES string of the molecule is CCC(CO)(CO)NCc1ccc(OC)nc1. The summed E-state index contributed by atoms with van der Waals surface area (Å²) in [6.45, 7) is 2.28. The number of ether oxygens (including phenoxy) is 1. The maximum atomic E-state index is 9.28. The molecule has 1 rings (SSSR count). The van der Waals surface area contributed by atoms with Gasteiger partial charge in [0.15, 0.2) is 0 Å². The van der Waals surface area contributed by atoms with Crippen molar-refractivity contribution in [3.05, 3.63) is 23.9 Å². The molecular weight excluding hydrogens is 220 g/mol. The Bertz CT molecular complexity index is 315. The van der Waals surface area contributed by atoms with Gasteiger partial charge < -0.3 is 20.3 Å². The lowest BCUT2D eigenvalue weighted by Crippen LogP contribution is -2.50. The van der Waals surface area contributed by atoms with Crippen LogP contribution in [0.25, 0.3) is 0 Å². The molecule has 1 aromatic heterocycles. The Morgan fingerprint density at radius 1 is 1.35 bits per heavy atom. The quantitative estimate of drug-likeness (QED) is 0.640. The van der Waals surface area contributed by atoms with Gasteiger partial charge in [-0.15, -0.1) is 0 Å². The number of methoxy groups -OCH3 is 1. The van der Waals surface area contributed by atoms with Crippen LogP contribution in [0.3, 0.4) is 0 Å². The number of aliphatic hydroxyl groups is 2. The molecule has 0 amide bonds. The van der Waals surface area contributed by atoms with Crippen molar-refractivity contribution in [3.8, 4) is 5.88 Å². The average Bonchev–Trinajstić information content (AvgIpc) is 2.41. The topological polar surface area (TPSA) is 74.6 Å². The van der Waals surface area contributed by atoms with Gasteiger partial charge in [-0.2, -0.15) is 0 Å². The molecule has 1 heterocycles. The Balaban J connectivity index is 2.59. The second-order valence-electron chi connectivity index (χ2n) is 4.01. The van der Waals surface area contributed by atoms with Crippen molar-refractivity contribution in [2.75, 3.05) is 20.3 Å². The summed E-state index contributed by atoms with van der Waals surface area (Å²) < 4.78 is 4.97. The predicted molar refractivity (Wildman–Crippen MR) is 64.8 cm³/mol. The van der Waals surface area contributed by atoms with Crippen molar-refractivity contribution < 1.29 is 14.9 Å². The monoisotopic (exact) mass is 240 g/mol. The van der Waals surface area contributed by atoms with Gasteiger partial charge in [0.05, 0.1) is 25.9 Å². The van der Waals surface area contributed by atoms with E-state index in [9.17, 15) is 10.2 Å². The maximum Gasteiger partial charge on any atom is 0.212 e. The van der Waals surface area contributed by atoms with Crippen LogP contribution in [-0.4, -0.2) is 41.1 Å². The Hall–Kier alpha value is -1.17. The van der Waals surface area contributed by atoms with Crippen molar-refractivity contribution in [1.29, 1.82) is 0 Å². The first-order valence-electron chi connectivity index (χ1n) is 5.65. The van der Waals surface area contributed by atoms with Gasteiger partial charge in [0.25, 0.3) is 0 Å². The third-order valence-electron chi connectivity index (χ3n) is 2.96. The van der Waals surface area contributed by atoms with Gasteiger partial charge >= 0.3 is 0 Å². The number of aromatic nitrogens is 1. The molecule has 17 heavy (non-hydrogen) atoms. The number of hydrogen-bond acceptors (Lipinski definition) is 5. The van der Waals surface area contributed by atoms with E-state index in [4.69, 9.17) is 4.74 Å². The number of pyridine rings is 1. The van der Waals surface area contributed by atoms with E-state index in [1.165, 1.54) is 0 Å². The molecule has 0 unspecified atom stereocenters. The van der Waals surface area contributed by atoms with Crippen LogP contribution < -0.4 is 10.1 Å². The van der Waals surface area contributed by atoms with Gasteiger partial charge in [-0.25, -0.2) is 4.98 Å². The Labute approximate surface area is 101 Å². The highest BCUT2D eigenvalue weighted by molar-refractivity contribution is 5.17. The molecule has 1 aromatic rings. The summed E-state index contributed by atoms with van der Waals surface area (Å²) in [7, 11) is 1.57. The molecule has 96 valence electrons. The molecule has 0 fully saturated rings. The van der Waals surface area contributed by atoms with Crippen molar-refractivity contribution in [3.63, 3.8) is 0 Å². The van der Waals surface area contributed by atoms with Crippen LogP contribution in [-0.2, 0) is 6.54 Å². The first-order valence-corrected chi connectivity index (χ1v) is 5.65. The molecular formula is C12H20N2O3. The fourth-order valence-electron chi connectivity index (χ4n) is 1.44. The molecule has 0 spiro atoms. The summed E-state index contributed by atoms with van der Waals surface area (Å²) in [5.41, 5.74) is 0.352. The molecule has 0 bridgehead atoms. The highest BCUT2D eigenvalue weighted by Crippen LogP contribution is 2.11. The van der Waals surface area contributed by atoms with Crippen LogP contribution in [0, 0.1) is 0 Å². The number of rotatable bonds is 7. The first-order chi connectivity index (χ1) is 8.19. The van der Waals surface area contributed by atoms with E-state index < -0.39 is 5.54 Å². The van der Waals surface area contributed by atoms with Crippen molar-refractivity contribution in [2.45, 2.75) is 25.4 Å². The largest absolute Gasteiger partial charge is 0.481 e. The van der Waals surface area contributed by atoms with Crippen LogP contribution in [0.5, 0.6) is 5.88 Å². The van der Waals surface area contributed by atoms with Crippen LogP contribution in [0.15, 0.2) is 18.3 Å². The van der Waals surface area contributed by atoms with E-state index in [0.717, 1.165) is 5.56 Å². The normalized spacial score (nSPS) is 11.5. The number of nitrogens with zero attached hydrogens (tertiary/aromatic N) is 1. The molecule has 0 radical (unpaired) electrons. The minimum absolute atomic E-state index is 0.0937. The highest BCUT2D eigenvalue weighted by Gasteiger charge is 2.25.